The van der Waals surface area contributed by atoms with Gasteiger partial charge in [-0.3, -0.25) is 10.1 Å². The monoisotopic (exact) mass is 538 g/mol. The summed E-state index contributed by atoms with van der Waals surface area (Å²) >= 11 is 2.80. The Bertz CT molecular complexity index is 1450. The number of nitrogens with one attached hydrogen (secondary N) is 1. The van der Waals surface area contributed by atoms with Crippen molar-refractivity contribution in [2.24, 2.45) is 0 Å². The maximum atomic E-state index is 13.0. The van der Waals surface area contributed by atoms with Gasteiger partial charge in [-0.2, -0.15) is 4.31 Å². The average molecular weight is 539 g/mol. The van der Waals surface area contributed by atoms with Gasteiger partial charge in [-0.15, -0.1) is 22.7 Å². The number of aryl methyl sites for hydroxylation is 1. The number of benzene rings is 2. The van der Waals surface area contributed by atoms with Crippen LogP contribution in [0.2, 0.25) is 0 Å². The summed E-state index contributed by atoms with van der Waals surface area (Å²) in [7, 11) is -3.50. The first-order chi connectivity index (χ1) is 17.4. The van der Waals surface area contributed by atoms with Crippen molar-refractivity contribution in [2.75, 3.05) is 18.4 Å². The number of hydrogen-bond acceptors (Lipinski definition) is 7. The molecule has 1 aliphatic heterocycles. The molecule has 0 bridgehead atoms. The average Bonchev–Trinajstić information content (AvgIpc) is 3.41. The van der Waals surface area contributed by atoms with Gasteiger partial charge in [0.2, 0.25) is 10.0 Å². The largest absolute Gasteiger partial charge is 0.296 e. The summed E-state index contributed by atoms with van der Waals surface area (Å²) in [4.78, 5) is 23.1. The number of carbonyl (C=O) groups excluding carboxylic acids is 1. The molecule has 10 heteroatoms. The second kappa shape index (κ2) is 10.6. The summed E-state index contributed by atoms with van der Waals surface area (Å²) in [6, 6.07) is 16.5. The second-order valence-electron chi connectivity index (χ2n) is 8.61. The third kappa shape index (κ3) is 5.27. The van der Waals surface area contributed by atoms with Crippen LogP contribution in [0, 0.1) is 6.92 Å². The van der Waals surface area contributed by atoms with Crippen molar-refractivity contribution in [3.63, 3.8) is 0 Å². The van der Waals surface area contributed by atoms with Crippen LogP contribution in [0.1, 0.15) is 41.2 Å². The zero-order chi connectivity index (χ0) is 25.1. The molecule has 2 aromatic carbocycles. The fraction of sp³-hybridized carbons (Fsp3) is 0.269. The van der Waals surface area contributed by atoms with Crippen LogP contribution in [0.4, 0.5) is 5.13 Å². The minimum atomic E-state index is -3.50. The molecule has 1 aliphatic rings. The van der Waals surface area contributed by atoms with E-state index in [9.17, 15) is 13.2 Å². The standard InChI is InChI=1S/C26H26N4O3S3/c1-18-27-23(24(35-18)20-9-5-4-6-10-20)25(31)29-26-28-22(17-34-26)19-11-13-21(14-12-19)36(32,33)30-15-7-2-3-8-16-30/h4-6,9-14,17H,2-3,7-8,15-16H2,1H3,(H,28,29,31). The summed E-state index contributed by atoms with van der Waals surface area (Å²) in [6.07, 6.45) is 3.95. The van der Waals surface area contributed by atoms with Gasteiger partial charge in [-0.25, -0.2) is 18.4 Å². The molecule has 2 aromatic heterocycles. The molecule has 0 spiro atoms. The lowest BCUT2D eigenvalue weighted by molar-refractivity contribution is 0.102. The van der Waals surface area contributed by atoms with Crippen molar-refractivity contribution >= 4 is 43.7 Å². The zero-order valence-corrected chi connectivity index (χ0v) is 22.3. The van der Waals surface area contributed by atoms with E-state index in [0.29, 0.717) is 34.5 Å². The summed E-state index contributed by atoms with van der Waals surface area (Å²) in [5, 5.41) is 5.99. The van der Waals surface area contributed by atoms with E-state index in [4.69, 9.17) is 0 Å². The van der Waals surface area contributed by atoms with Crippen LogP contribution >= 0.6 is 22.7 Å². The summed E-state index contributed by atoms with van der Waals surface area (Å²) in [5.74, 6) is -0.307. The highest BCUT2D eigenvalue weighted by molar-refractivity contribution is 7.89. The molecule has 1 saturated heterocycles. The van der Waals surface area contributed by atoms with E-state index < -0.39 is 10.0 Å². The number of aromatic nitrogens is 2. The van der Waals surface area contributed by atoms with Crippen LogP contribution in [0.15, 0.2) is 64.9 Å². The lowest BCUT2D eigenvalue weighted by Crippen LogP contribution is -2.31. The molecule has 7 nitrogen and oxygen atoms in total. The van der Waals surface area contributed by atoms with Gasteiger partial charge in [0, 0.05) is 24.0 Å². The van der Waals surface area contributed by atoms with Gasteiger partial charge in [-0.1, -0.05) is 55.3 Å². The van der Waals surface area contributed by atoms with Crippen molar-refractivity contribution in [2.45, 2.75) is 37.5 Å². The normalized spacial score (nSPS) is 14.9. The molecule has 0 saturated carbocycles. The van der Waals surface area contributed by atoms with E-state index in [0.717, 1.165) is 46.7 Å². The Morgan fingerprint density at radius 3 is 2.31 bits per heavy atom. The third-order valence-corrected chi connectivity index (χ3v) is 9.75. The molecule has 0 radical (unpaired) electrons. The predicted molar refractivity (Wildman–Crippen MR) is 145 cm³/mol. The topological polar surface area (TPSA) is 92.3 Å². The van der Waals surface area contributed by atoms with E-state index in [1.165, 1.54) is 22.7 Å². The number of thiazole rings is 2. The fourth-order valence-corrected chi connectivity index (χ4v) is 7.37. The van der Waals surface area contributed by atoms with Gasteiger partial charge in [-0.05, 0) is 37.5 Å². The summed E-state index contributed by atoms with van der Waals surface area (Å²) < 4.78 is 27.7. The van der Waals surface area contributed by atoms with E-state index in [1.807, 2.05) is 42.6 Å². The number of rotatable bonds is 6. The molecule has 1 amide bonds. The molecule has 0 aliphatic carbocycles. The molecule has 0 atom stereocenters. The van der Waals surface area contributed by atoms with Gasteiger partial charge in [0.1, 0.15) is 5.69 Å². The minimum Gasteiger partial charge on any atom is -0.296 e. The van der Waals surface area contributed by atoms with E-state index in [1.54, 1.807) is 28.6 Å². The summed E-state index contributed by atoms with van der Waals surface area (Å²) in [6.45, 7) is 3.03. The van der Waals surface area contributed by atoms with Crippen LogP contribution in [-0.4, -0.2) is 41.7 Å². The molecule has 36 heavy (non-hydrogen) atoms. The van der Waals surface area contributed by atoms with Crippen LogP contribution in [0.25, 0.3) is 21.7 Å². The lowest BCUT2D eigenvalue weighted by Gasteiger charge is -2.19. The van der Waals surface area contributed by atoms with Crippen molar-refractivity contribution in [1.29, 1.82) is 0 Å². The van der Waals surface area contributed by atoms with Gasteiger partial charge >= 0.3 is 0 Å². The molecular weight excluding hydrogens is 513 g/mol. The van der Waals surface area contributed by atoms with E-state index in [-0.39, 0.29) is 5.91 Å². The first-order valence-corrected chi connectivity index (χ1v) is 15.0. The van der Waals surface area contributed by atoms with Crippen LogP contribution in [0.3, 0.4) is 0 Å². The number of sulfonamides is 1. The van der Waals surface area contributed by atoms with Gasteiger partial charge in [0.25, 0.3) is 5.91 Å². The highest BCUT2D eigenvalue weighted by Crippen LogP contribution is 2.32. The SMILES string of the molecule is Cc1nc(C(=O)Nc2nc(-c3ccc(S(=O)(=O)N4CCCCCC4)cc3)cs2)c(-c2ccccc2)s1. The van der Waals surface area contributed by atoms with Crippen LogP contribution in [-0.2, 0) is 10.0 Å². The second-order valence-corrected chi connectivity index (χ2v) is 12.6. The molecule has 1 fully saturated rings. The van der Waals surface area contributed by atoms with Crippen LogP contribution < -0.4 is 5.32 Å². The van der Waals surface area contributed by atoms with Gasteiger partial charge in [0.05, 0.1) is 20.5 Å². The van der Waals surface area contributed by atoms with Crippen molar-refractivity contribution in [3.05, 3.63) is 70.7 Å². The quantitative estimate of drug-likeness (QED) is 0.322. The molecule has 0 unspecified atom stereocenters. The van der Waals surface area contributed by atoms with Gasteiger partial charge in [0.15, 0.2) is 5.13 Å². The predicted octanol–water partition coefficient (Wildman–Crippen LogP) is 6.06. The maximum absolute atomic E-state index is 13.0. The van der Waals surface area contributed by atoms with Crippen molar-refractivity contribution < 1.29 is 13.2 Å². The lowest BCUT2D eigenvalue weighted by atomic mass is 10.1. The molecule has 186 valence electrons. The number of carbonyl (C=O) groups is 1. The van der Waals surface area contributed by atoms with E-state index >= 15 is 0 Å². The number of hydrogen-bond donors (Lipinski definition) is 1. The number of amides is 1. The van der Waals surface area contributed by atoms with Gasteiger partial charge < -0.3 is 0 Å². The third-order valence-electron chi connectivity index (χ3n) is 6.06. The maximum Gasteiger partial charge on any atom is 0.277 e. The highest BCUT2D eigenvalue weighted by Gasteiger charge is 2.25. The highest BCUT2D eigenvalue weighted by atomic mass is 32.2. The number of nitrogens with zero attached hydrogens (tertiary/aromatic N) is 3. The Morgan fingerprint density at radius 1 is 0.917 bits per heavy atom. The van der Waals surface area contributed by atoms with Crippen molar-refractivity contribution in [1.82, 2.24) is 14.3 Å². The minimum absolute atomic E-state index is 0.296. The molecule has 1 N–H and O–H groups in total. The Labute approximate surface area is 218 Å². The van der Waals surface area contributed by atoms with E-state index in [2.05, 4.69) is 15.3 Å². The Balaban J connectivity index is 1.31. The number of anilines is 1. The molecule has 4 aromatic rings. The van der Waals surface area contributed by atoms with Crippen LogP contribution in [0.5, 0.6) is 0 Å². The Kier molecular flexibility index (Phi) is 7.29. The first kappa shape index (κ1) is 24.8. The first-order valence-electron chi connectivity index (χ1n) is 11.8. The molecule has 5 rings (SSSR count). The molecule has 3 heterocycles. The summed E-state index contributed by atoms with van der Waals surface area (Å²) in [5.41, 5.74) is 2.79. The smallest absolute Gasteiger partial charge is 0.277 e. The Morgan fingerprint density at radius 2 is 1.61 bits per heavy atom. The molecular formula is C26H26N4O3S3. The fourth-order valence-electron chi connectivity index (χ4n) is 4.21. The zero-order valence-electron chi connectivity index (χ0n) is 19.8. The van der Waals surface area contributed by atoms with Crippen molar-refractivity contribution in [3.8, 4) is 21.7 Å². The Hall–Kier alpha value is -2.92.